The molecule has 12 nitrogen and oxygen atoms in total. The van der Waals surface area contributed by atoms with Crippen molar-refractivity contribution in [3.8, 4) is 23.0 Å². The highest BCUT2D eigenvalue weighted by Gasteiger charge is 2.17. The first-order valence-corrected chi connectivity index (χ1v) is 15.3. The monoisotopic (exact) mass is 600 g/mol. The zero-order chi connectivity index (χ0) is 30.4. The quantitative estimate of drug-likeness (QED) is 0.155. The third-order valence-corrected chi connectivity index (χ3v) is 7.18. The third kappa shape index (κ3) is 14.2. The van der Waals surface area contributed by atoms with Gasteiger partial charge in [0.1, 0.15) is 0 Å². The van der Waals surface area contributed by atoms with Crippen LogP contribution in [0.5, 0.6) is 23.0 Å². The molecule has 0 bridgehead atoms. The summed E-state index contributed by atoms with van der Waals surface area (Å²) in [4.78, 5) is 0. The van der Waals surface area contributed by atoms with Crippen LogP contribution in [0.4, 0.5) is 0 Å². The number of nitrogens with one attached hydrogen (secondary N) is 2. The van der Waals surface area contributed by atoms with Gasteiger partial charge in [0, 0.05) is 25.2 Å². The van der Waals surface area contributed by atoms with Crippen molar-refractivity contribution in [1.29, 1.82) is 0 Å². The van der Waals surface area contributed by atoms with Gasteiger partial charge in [0.15, 0.2) is 23.0 Å². The van der Waals surface area contributed by atoms with Gasteiger partial charge in [-0.15, -0.1) is 0 Å². The van der Waals surface area contributed by atoms with Crippen LogP contribution in [0.2, 0.25) is 0 Å². The lowest BCUT2D eigenvalue weighted by Gasteiger charge is -2.24. The molecule has 2 aliphatic carbocycles. The van der Waals surface area contributed by atoms with Gasteiger partial charge in [0.2, 0.25) is 0 Å². The van der Waals surface area contributed by atoms with Gasteiger partial charge < -0.3 is 41.3 Å². The molecule has 4 rings (SSSR count). The van der Waals surface area contributed by atoms with Crippen molar-refractivity contribution in [3.05, 3.63) is 47.5 Å². The van der Waals surface area contributed by atoms with Crippen molar-refractivity contribution < 1.29 is 48.2 Å². The summed E-state index contributed by atoms with van der Waals surface area (Å²) >= 11 is 0. The van der Waals surface area contributed by atoms with E-state index < -0.39 is 22.6 Å². The largest absolute Gasteiger partial charge is 0.504 e. The third-order valence-electron chi connectivity index (χ3n) is 7.18. The van der Waals surface area contributed by atoms with Gasteiger partial charge in [-0.2, -0.15) is 8.42 Å². The molecule has 0 aliphatic heterocycles. The molecular formula is C28H44N2O10S. The predicted molar refractivity (Wildman–Crippen MR) is 153 cm³/mol. The van der Waals surface area contributed by atoms with Gasteiger partial charge in [-0.25, -0.2) is 0 Å². The Balaban J connectivity index is 0.000000247. The second-order valence-corrected chi connectivity index (χ2v) is 11.4. The van der Waals surface area contributed by atoms with Crippen molar-refractivity contribution in [2.75, 3.05) is 13.1 Å². The number of hydrogen-bond acceptors (Lipinski definition) is 10. The van der Waals surface area contributed by atoms with Gasteiger partial charge in [-0.1, -0.05) is 50.7 Å². The SMILES string of the molecule is O=S(=O)(O)O.Oc1ccc(C(O)CNC2CCCCC2)cc1O.Oc1ccc(C(O)CNC2CCCCC2)cc1O. The first-order chi connectivity index (χ1) is 19.3. The number of hydrogen-bond donors (Lipinski definition) is 10. The molecule has 0 aromatic heterocycles. The fourth-order valence-corrected chi connectivity index (χ4v) is 4.90. The Morgan fingerprint density at radius 2 is 0.927 bits per heavy atom. The van der Waals surface area contributed by atoms with Crippen LogP contribution in [0.1, 0.15) is 87.5 Å². The molecule has 0 amide bonds. The van der Waals surface area contributed by atoms with E-state index in [9.17, 15) is 30.6 Å². The first kappa shape index (κ1) is 34.6. The summed E-state index contributed by atoms with van der Waals surface area (Å²) in [6, 6.07) is 9.86. The van der Waals surface area contributed by atoms with E-state index in [1.807, 2.05) is 0 Å². The molecule has 0 radical (unpaired) electrons. The molecule has 0 heterocycles. The number of phenolic OH excluding ortho intramolecular Hbond substituents is 4. The molecule has 2 aliphatic rings. The molecule has 10 N–H and O–H groups in total. The van der Waals surface area contributed by atoms with E-state index in [2.05, 4.69) is 10.6 Å². The van der Waals surface area contributed by atoms with E-state index in [0.717, 1.165) is 0 Å². The molecule has 2 atom stereocenters. The summed E-state index contributed by atoms with van der Waals surface area (Å²) in [7, 11) is -4.67. The summed E-state index contributed by atoms with van der Waals surface area (Å²) in [5.74, 6) is -0.703. The van der Waals surface area contributed by atoms with Gasteiger partial charge in [0.25, 0.3) is 0 Å². The Morgan fingerprint density at radius 1 is 0.610 bits per heavy atom. The molecular weight excluding hydrogens is 556 g/mol. The Kier molecular flexibility index (Phi) is 14.6. The van der Waals surface area contributed by atoms with E-state index in [1.165, 1.54) is 88.5 Å². The van der Waals surface area contributed by atoms with Crippen molar-refractivity contribution in [3.63, 3.8) is 0 Å². The maximum atomic E-state index is 10.0. The van der Waals surface area contributed by atoms with Gasteiger partial charge >= 0.3 is 10.4 Å². The standard InChI is InChI=1S/2C14H21NO3.H2O4S/c2*16-12-7-6-10(8-13(12)17)14(18)9-15-11-4-2-1-3-5-11;1-5(2,3)4/h2*6-8,11,14-18H,1-5,9H2;(H2,1,2,3,4). The Morgan fingerprint density at radius 3 is 1.22 bits per heavy atom. The van der Waals surface area contributed by atoms with Crippen LogP contribution >= 0.6 is 0 Å². The minimum atomic E-state index is -4.67. The number of aliphatic hydroxyl groups is 2. The van der Waals surface area contributed by atoms with E-state index in [4.69, 9.17) is 17.5 Å². The topological polar surface area (TPSA) is 220 Å². The predicted octanol–water partition coefficient (Wildman–Crippen LogP) is 3.45. The second kappa shape index (κ2) is 17.3. The van der Waals surface area contributed by atoms with Crippen molar-refractivity contribution in [2.24, 2.45) is 0 Å². The van der Waals surface area contributed by atoms with E-state index in [1.54, 1.807) is 12.1 Å². The molecule has 232 valence electrons. The van der Waals surface area contributed by atoms with Crippen molar-refractivity contribution in [2.45, 2.75) is 88.5 Å². The minimum absolute atomic E-state index is 0.161. The van der Waals surface area contributed by atoms with Crippen LogP contribution in [0, 0.1) is 0 Å². The summed E-state index contributed by atoms with van der Waals surface area (Å²) < 4.78 is 31.6. The lowest BCUT2D eigenvalue weighted by Crippen LogP contribution is -2.34. The van der Waals surface area contributed by atoms with Crippen LogP contribution < -0.4 is 10.6 Å². The van der Waals surface area contributed by atoms with Crippen molar-refractivity contribution >= 4 is 10.4 Å². The minimum Gasteiger partial charge on any atom is -0.504 e. The lowest BCUT2D eigenvalue weighted by atomic mass is 9.95. The number of aliphatic hydroxyl groups excluding tert-OH is 2. The number of aromatic hydroxyl groups is 4. The molecule has 0 spiro atoms. The normalized spacial score (nSPS) is 17.9. The van der Waals surface area contributed by atoms with E-state index in [-0.39, 0.29) is 23.0 Å². The number of rotatable bonds is 8. The fourth-order valence-electron chi connectivity index (χ4n) is 4.90. The van der Waals surface area contributed by atoms with Crippen LogP contribution in [0.25, 0.3) is 0 Å². The Hall–Kier alpha value is -2.65. The van der Waals surface area contributed by atoms with Crippen LogP contribution in [0.3, 0.4) is 0 Å². The number of phenols is 4. The van der Waals surface area contributed by atoms with Crippen molar-refractivity contribution in [1.82, 2.24) is 10.6 Å². The summed E-state index contributed by atoms with van der Waals surface area (Å²) in [5.41, 5.74) is 1.24. The first-order valence-electron chi connectivity index (χ1n) is 13.9. The van der Waals surface area contributed by atoms with Gasteiger partial charge in [-0.3, -0.25) is 9.11 Å². The average Bonchev–Trinajstić information content (AvgIpc) is 2.94. The molecule has 2 unspecified atom stereocenters. The molecule has 13 heteroatoms. The summed E-state index contributed by atoms with van der Waals surface area (Å²) in [6.45, 7) is 0.962. The Bertz CT molecular complexity index is 1070. The average molecular weight is 601 g/mol. The lowest BCUT2D eigenvalue weighted by molar-refractivity contribution is 0.165. The highest BCUT2D eigenvalue weighted by Crippen LogP contribution is 2.29. The van der Waals surface area contributed by atoms with Gasteiger partial charge in [-0.05, 0) is 61.1 Å². The highest BCUT2D eigenvalue weighted by atomic mass is 32.3. The maximum Gasteiger partial charge on any atom is 0.394 e. The Labute approximate surface area is 241 Å². The fraction of sp³-hybridized carbons (Fsp3) is 0.571. The van der Waals surface area contributed by atoms with Crippen LogP contribution in [0.15, 0.2) is 36.4 Å². The second-order valence-electron chi connectivity index (χ2n) is 10.5. The summed E-state index contributed by atoms with van der Waals surface area (Å²) in [6.07, 6.45) is 11.0. The van der Waals surface area contributed by atoms with Gasteiger partial charge in [0.05, 0.1) is 12.2 Å². The molecule has 2 aromatic carbocycles. The van der Waals surface area contributed by atoms with E-state index >= 15 is 0 Å². The molecule has 2 fully saturated rings. The summed E-state index contributed by atoms with van der Waals surface area (Å²) in [5, 5.41) is 63.9. The zero-order valence-electron chi connectivity index (χ0n) is 23.1. The smallest absolute Gasteiger partial charge is 0.394 e. The van der Waals surface area contributed by atoms with Crippen LogP contribution in [-0.4, -0.2) is 73.3 Å². The molecule has 2 saturated carbocycles. The number of benzene rings is 2. The molecule has 2 aromatic rings. The zero-order valence-corrected chi connectivity index (χ0v) is 23.9. The molecule has 41 heavy (non-hydrogen) atoms. The highest BCUT2D eigenvalue weighted by molar-refractivity contribution is 7.79. The molecule has 0 saturated heterocycles. The van der Waals surface area contributed by atoms with E-state index in [0.29, 0.717) is 36.3 Å². The maximum absolute atomic E-state index is 10.0. The van der Waals surface area contributed by atoms with Crippen LogP contribution in [-0.2, 0) is 10.4 Å².